The van der Waals surface area contributed by atoms with Gasteiger partial charge in [0.1, 0.15) is 0 Å². The maximum atomic E-state index is 14.4. The molecule has 0 radical (unpaired) electrons. The first-order chi connectivity index (χ1) is 13.4. The molecule has 0 atom stereocenters. The van der Waals surface area contributed by atoms with Gasteiger partial charge >= 0.3 is 7.60 Å². The molecule has 1 fully saturated rings. The molecule has 0 spiro atoms. The molecule has 0 amide bonds. The molecule has 0 saturated heterocycles. The largest absolute Gasteiger partial charge is 0.491 e. The zero-order valence-electron chi connectivity index (χ0n) is 17.1. The average Bonchev–Trinajstić information content (AvgIpc) is 2.65. The van der Waals surface area contributed by atoms with E-state index in [-0.39, 0.29) is 12.0 Å². The van der Waals surface area contributed by atoms with Crippen molar-refractivity contribution in [3.63, 3.8) is 0 Å². The lowest BCUT2D eigenvalue weighted by atomic mass is 9.77. The van der Waals surface area contributed by atoms with E-state index in [1.165, 1.54) is 25.7 Å². The molecule has 2 rings (SSSR count). The van der Waals surface area contributed by atoms with E-state index in [9.17, 15) is 8.96 Å². The number of ether oxygens (including phenoxy) is 1. The van der Waals surface area contributed by atoms with Gasteiger partial charge in [-0.05, 0) is 68.1 Å². The molecule has 0 bridgehead atoms. The second-order valence-electron chi connectivity index (χ2n) is 8.20. The summed E-state index contributed by atoms with van der Waals surface area (Å²) < 4.78 is 30.7. The predicted octanol–water partition coefficient (Wildman–Crippen LogP) is 6.41. The summed E-state index contributed by atoms with van der Waals surface area (Å²) in [5.41, 5.74) is 1.10. The predicted molar refractivity (Wildman–Crippen MR) is 111 cm³/mol. The van der Waals surface area contributed by atoms with Crippen LogP contribution in [0.4, 0.5) is 4.39 Å². The van der Waals surface area contributed by atoms with Crippen LogP contribution in [0.3, 0.4) is 0 Å². The van der Waals surface area contributed by atoms with Crippen molar-refractivity contribution in [3.8, 4) is 5.75 Å². The van der Waals surface area contributed by atoms with Crippen LogP contribution in [0, 0.1) is 11.7 Å². The van der Waals surface area contributed by atoms with Crippen LogP contribution in [0.2, 0.25) is 0 Å². The summed E-state index contributed by atoms with van der Waals surface area (Å²) in [5, 5.41) is 0. The highest BCUT2D eigenvalue weighted by molar-refractivity contribution is 7.51. The van der Waals surface area contributed by atoms with Gasteiger partial charge in [0.2, 0.25) is 0 Å². The third kappa shape index (κ3) is 8.63. The summed E-state index contributed by atoms with van der Waals surface area (Å²) in [6.45, 7) is 2.71. The SMILES string of the molecule is CCCC1CCC(c2ccc(OCCCCCCCP(=O)(O)O)c(F)c2)CC1. The van der Waals surface area contributed by atoms with Crippen molar-refractivity contribution >= 4 is 7.60 Å². The van der Waals surface area contributed by atoms with E-state index in [2.05, 4.69) is 6.92 Å². The second kappa shape index (κ2) is 11.9. The smallest absolute Gasteiger partial charge is 0.325 e. The Balaban J connectivity index is 1.65. The number of benzene rings is 1. The van der Waals surface area contributed by atoms with Crippen LogP contribution >= 0.6 is 7.60 Å². The van der Waals surface area contributed by atoms with Gasteiger partial charge in [0.15, 0.2) is 11.6 Å². The third-order valence-corrected chi connectivity index (χ3v) is 6.72. The van der Waals surface area contributed by atoms with Crippen LogP contribution in [-0.4, -0.2) is 22.6 Å². The van der Waals surface area contributed by atoms with E-state index in [1.807, 2.05) is 6.07 Å². The molecule has 160 valence electrons. The molecule has 0 heterocycles. The Bertz CT molecular complexity index is 623. The Kier molecular flexibility index (Phi) is 9.98. The molecule has 0 aliphatic heterocycles. The second-order valence-corrected chi connectivity index (χ2v) is 9.98. The zero-order chi connectivity index (χ0) is 20.4. The van der Waals surface area contributed by atoms with Crippen LogP contribution in [0.5, 0.6) is 5.75 Å². The number of hydrogen-bond donors (Lipinski definition) is 2. The Morgan fingerprint density at radius 1 is 1.07 bits per heavy atom. The maximum Gasteiger partial charge on any atom is 0.325 e. The Labute approximate surface area is 169 Å². The van der Waals surface area contributed by atoms with E-state index in [0.717, 1.165) is 50.0 Å². The fourth-order valence-electron chi connectivity index (χ4n) is 4.21. The van der Waals surface area contributed by atoms with Gasteiger partial charge in [-0.2, -0.15) is 0 Å². The minimum atomic E-state index is -3.86. The van der Waals surface area contributed by atoms with E-state index < -0.39 is 7.60 Å². The van der Waals surface area contributed by atoms with Gasteiger partial charge in [0.25, 0.3) is 0 Å². The molecule has 6 heteroatoms. The Hall–Kier alpha value is -0.900. The minimum absolute atomic E-state index is 0.0404. The zero-order valence-corrected chi connectivity index (χ0v) is 18.0. The first kappa shape index (κ1) is 23.4. The summed E-state index contributed by atoms with van der Waals surface area (Å²) in [6, 6.07) is 5.44. The summed E-state index contributed by atoms with van der Waals surface area (Å²) in [5.74, 6) is 1.38. The average molecular weight is 414 g/mol. The first-order valence-electron chi connectivity index (χ1n) is 10.9. The van der Waals surface area contributed by atoms with E-state index in [0.29, 0.717) is 24.7 Å². The van der Waals surface area contributed by atoms with Crippen molar-refractivity contribution in [1.82, 2.24) is 0 Å². The molecule has 1 saturated carbocycles. The molecule has 2 N–H and O–H groups in total. The summed E-state index contributed by atoms with van der Waals surface area (Å²) in [7, 11) is -3.86. The molecule has 4 nitrogen and oxygen atoms in total. The summed E-state index contributed by atoms with van der Waals surface area (Å²) >= 11 is 0. The van der Waals surface area contributed by atoms with E-state index in [4.69, 9.17) is 14.5 Å². The fraction of sp³-hybridized carbons (Fsp3) is 0.727. The first-order valence-corrected chi connectivity index (χ1v) is 12.7. The summed E-state index contributed by atoms with van der Waals surface area (Å²) in [6.07, 6.45) is 11.3. The van der Waals surface area contributed by atoms with Gasteiger partial charge in [-0.25, -0.2) is 4.39 Å². The van der Waals surface area contributed by atoms with Gasteiger partial charge in [0, 0.05) is 6.16 Å². The van der Waals surface area contributed by atoms with Crippen molar-refractivity contribution < 1.29 is 23.5 Å². The number of rotatable bonds is 12. The van der Waals surface area contributed by atoms with Crippen LogP contribution in [-0.2, 0) is 4.57 Å². The molecule has 0 aromatic heterocycles. The lowest BCUT2D eigenvalue weighted by Gasteiger charge is -2.28. The maximum absolute atomic E-state index is 14.4. The lowest BCUT2D eigenvalue weighted by molar-refractivity contribution is 0.288. The topological polar surface area (TPSA) is 66.8 Å². The van der Waals surface area contributed by atoms with Crippen LogP contribution in [0.15, 0.2) is 18.2 Å². The molecule has 1 aromatic rings. The highest BCUT2D eigenvalue weighted by atomic mass is 31.2. The van der Waals surface area contributed by atoms with Crippen LogP contribution in [0.1, 0.15) is 89.0 Å². The quantitative estimate of drug-likeness (QED) is 0.306. The highest BCUT2D eigenvalue weighted by Crippen LogP contribution is 2.38. The molecule has 28 heavy (non-hydrogen) atoms. The lowest BCUT2D eigenvalue weighted by Crippen LogP contribution is -2.13. The molecule has 1 aromatic carbocycles. The third-order valence-electron chi connectivity index (χ3n) is 5.82. The van der Waals surface area contributed by atoms with Gasteiger partial charge in [-0.3, -0.25) is 4.57 Å². The number of halogens is 1. The molecule has 1 aliphatic carbocycles. The van der Waals surface area contributed by atoms with Crippen molar-refractivity contribution in [2.45, 2.75) is 83.5 Å². The van der Waals surface area contributed by atoms with Crippen LogP contribution in [0.25, 0.3) is 0 Å². The molecule has 1 aliphatic rings. The fourth-order valence-corrected chi connectivity index (χ4v) is 4.85. The van der Waals surface area contributed by atoms with E-state index >= 15 is 0 Å². The minimum Gasteiger partial charge on any atom is -0.491 e. The molecule has 0 unspecified atom stereocenters. The Morgan fingerprint density at radius 3 is 2.39 bits per heavy atom. The number of unbranched alkanes of at least 4 members (excludes halogenated alkanes) is 4. The van der Waals surface area contributed by atoms with Crippen molar-refractivity contribution in [3.05, 3.63) is 29.6 Å². The standard InChI is InChI=1S/C22H36FO4P/c1-2-8-18-9-11-19(12-10-18)20-13-14-22(21(23)17-20)27-15-6-4-3-5-7-16-28(24,25)26/h13-14,17-19H,2-12,15-16H2,1H3,(H2,24,25,26). The monoisotopic (exact) mass is 414 g/mol. The summed E-state index contributed by atoms with van der Waals surface area (Å²) in [4.78, 5) is 17.6. The van der Waals surface area contributed by atoms with Crippen LogP contribution < -0.4 is 4.74 Å². The molecular formula is C22H36FO4P. The Morgan fingerprint density at radius 2 is 1.75 bits per heavy atom. The van der Waals surface area contributed by atoms with Gasteiger partial charge in [-0.15, -0.1) is 0 Å². The van der Waals surface area contributed by atoms with Crippen molar-refractivity contribution in [1.29, 1.82) is 0 Å². The van der Waals surface area contributed by atoms with Gasteiger partial charge < -0.3 is 14.5 Å². The number of hydrogen-bond acceptors (Lipinski definition) is 2. The highest BCUT2D eigenvalue weighted by Gasteiger charge is 2.22. The normalized spacial score (nSPS) is 20.3. The van der Waals surface area contributed by atoms with Crippen molar-refractivity contribution in [2.75, 3.05) is 12.8 Å². The van der Waals surface area contributed by atoms with Crippen molar-refractivity contribution in [2.24, 2.45) is 5.92 Å². The van der Waals surface area contributed by atoms with Gasteiger partial charge in [-0.1, -0.05) is 45.1 Å². The van der Waals surface area contributed by atoms with Gasteiger partial charge in [0.05, 0.1) is 6.61 Å². The molecular weight excluding hydrogens is 378 g/mol. The van der Waals surface area contributed by atoms with E-state index in [1.54, 1.807) is 12.1 Å².